The molecule has 0 spiro atoms. The van der Waals surface area contributed by atoms with Crippen LogP contribution in [-0.4, -0.2) is 38.4 Å². The number of amidine groups is 1. The van der Waals surface area contributed by atoms with E-state index < -0.39 is 10.0 Å². The van der Waals surface area contributed by atoms with Crippen molar-refractivity contribution in [3.8, 4) is 5.75 Å². The predicted octanol–water partition coefficient (Wildman–Crippen LogP) is 2.75. The Labute approximate surface area is 150 Å². The van der Waals surface area contributed by atoms with Crippen molar-refractivity contribution in [3.05, 3.63) is 58.1 Å². The molecule has 1 aliphatic heterocycles. The number of sulfonamides is 1. The highest BCUT2D eigenvalue weighted by atomic mass is 35.5. The Morgan fingerprint density at radius 1 is 1.12 bits per heavy atom. The van der Waals surface area contributed by atoms with E-state index in [4.69, 9.17) is 27.9 Å². The number of rotatable bonds is 4. The summed E-state index contributed by atoms with van der Waals surface area (Å²) >= 11 is 12.1. The van der Waals surface area contributed by atoms with E-state index in [2.05, 4.69) is 5.32 Å². The largest absolute Gasteiger partial charge is 0.494 e. The van der Waals surface area contributed by atoms with Gasteiger partial charge in [0.25, 0.3) is 5.84 Å². The summed E-state index contributed by atoms with van der Waals surface area (Å²) in [5.74, 6) is 0.576. The normalized spacial score (nSPS) is 14.6. The van der Waals surface area contributed by atoms with Crippen molar-refractivity contribution in [3.63, 3.8) is 0 Å². The fourth-order valence-corrected chi connectivity index (χ4v) is 4.67. The monoisotopic (exact) mass is 385 g/mol. The van der Waals surface area contributed by atoms with Gasteiger partial charge in [0.2, 0.25) is 0 Å². The van der Waals surface area contributed by atoms with Crippen molar-refractivity contribution in [2.24, 2.45) is 0 Å². The predicted molar refractivity (Wildman–Crippen MR) is 93.9 cm³/mol. The summed E-state index contributed by atoms with van der Waals surface area (Å²) in [5, 5.41) is 3.44. The van der Waals surface area contributed by atoms with Crippen LogP contribution < -0.4 is 10.1 Å². The van der Waals surface area contributed by atoms with Crippen molar-refractivity contribution < 1.29 is 17.1 Å². The molecule has 0 aromatic heterocycles. The molecule has 5 nitrogen and oxygen atoms in total. The Morgan fingerprint density at radius 3 is 2.50 bits per heavy atom. The van der Waals surface area contributed by atoms with E-state index in [0.717, 1.165) is 5.56 Å². The average Bonchev–Trinajstić information content (AvgIpc) is 3.08. The van der Waals surface area contributed by atoms with E-state index in [-0.39, 0.29) is 20.7 Å². The fraction of sp³-hybridized carbons (Fsp3) is 0.188. The molecule has 8 heteroatoms. The molecule has 0 fully saturated rings. The maximum Gasteiger partial charge on any atom is 0.335 e. The van der Waals surface area contributed by atoms with Gasteiger partial charge in [0.1, 0.15) is 18.1 Å². The van der Waals surface area contributed by atoms with Crippen LogP contribution in [0.5, 0.6) is 5.75 Å². The van der Waals surface area contributed by atoms with Crippen LogP contribution in [0, 0.1) is 0 Å². The number of ether oxygens (including phenoxy) is 1. The summed E-state index contributed by atoms with van der Waals surface area (Å²) in [6.07, 6.45) is 0. The van der Waals surface area contributed by atoms with E-state index in [0.29, 0.717) is 18.9 Å². The topological polar surface area (TPSA) is 58.4 Å². The van der Waals surface area contributed by atoms with Gasteiger partial charge in [-0.15, -0.1) is 3.98 Å². The summed E-state index contributed by atoms with van der Waals surface area (Å²) in [4.78, 5) is -0.0171. The van der Waals surface area contributed by atoms with E-state index in [1.807, 2.05) is 30.3 Å². The molecule has 0 unspecified atom stereocenters. The molecule has 0 amide bonds. The molecule has 1 N–H and O–H groups in total. The van der Waals surface area contributed by atoms with Crippen molar-refractivity contribution in [1.82, 2.24) is 5.32 Å². The molecule has 0 radical (unpaired) electrons. The van der Waals surface area contributed by atoms with Crippen LogP contribution in [0.15, 0.2) is 47.4 Å². The first-order chi connectivity index (χ1) is 11.5. The highest BCUT2D eigenvalue weighted by Crippen LogP contribution is 2.38. The molecule has 0 atom stereocenters. The van der Waals surface area contributed by atoms with Gasteiger partial charge in [-0.1, -0.05) is 41.4 Å². The molecule has 0 saturated carbocycles. The Bertz CT molecular complexity index is 912. The smallest absolute Gasteiger partial charge is 0.335 e. The van der Waals surface area contributed by atoms with Crippen LogP contribution in [0.4, 0.5) is 0 Å². The Kier molecular flexibility index (Phi) is 4.71. The third-order valence-corrected chi connectivity index (χ3v) is 6.30. The van der Waals surface area contributed by atoms with Gasteiger partial charge in [-0.2, -0.15) is 8.42 Å². The van der Waals surface area contributed by atoms with Crippen molar-refractivity contribution in [2.75, 3.05) is 20.2 Å². The number of hydrogen-bond donors (Lipinski definition) is 1. The summed E-state index contributed by atoms with van der Waals surface area (Å²) in [5.41, 5.74) is 0.789. The highest BCUT2D eigenvalue weighted by molar-refractivity contribution is 7.85. The van der Waals surface area contributed by atoms with Crippen LogP contribution in [0.2, 0.25) is 10.0 Å². The molecule has 0 aliphatic carbocycles. The maximum absolute atomic E-state index is 13.1. The standard InChI is InChI=1S/C16H14Cl2N2O3S/c1-23-15-13(8-7-12(17)14(15)18)24(21,22)20-10-9-19-16(20)11-5-3-2-4-6-11/h2-8H,9-10H2,1H3/p+1. The zero-order valence-electron chi connectivity index (χ0n) is 12.8. The van der Waals surface area contributed by atoms with E-state index in [1.165, 1.54) is 23.2 Å². The second-order valence-electron chi connectivity index (χ2n) is 5.11. The van der Waals surface area contributed by atoms with Crippen molar-refractivity contribution in [2.45, 2.75) is 4.90 Å². The van der Waals surface area contributed by atoms with E-state index in [1.54, 1.807) is 0 Å². The van der Waals surface area contributed by atoms with Gasteiger partial charge in [-0.25, -0.2) is 0 Å². The van der Waals surface area contributed by atoms with Gasteiger partial charge in [-0.3, -0.25) is 5.32 Å². The van der Waals surface area contributed by atoms with Gasteiger partial charge in [-0.05, 0) is 24.3 Å². The van der Waals surface area contributed by atoms with Gasteiger partial charge in [0.15, 0.2) is 10.6 Å². The number of benzene rings is 2. The summed E-state index contributed by atoms with van der Waals surface area (Å²) in [6, 6.07) is 12.1. The van der Waals surface area contributed by atoms with Crippen LogP contribution in [0.3, 0.4) is 0 Å². The molecule has 24 heavy (non-hydrogen) atoms. The minimum atomic E-state index is -3.85. The lowest BCUT2D eigenvalue weighted by Gasteiger charge is -2.12. The lowest BCUT2D eigenvalue weighted by molar-refractivity contribution is -0.352. The molecule has 0 bridgehead atoms. The minimum Gasteiger partial charge on any atom is -0.494 e. The summed E-state index contributed by atoms with van der Waals surface area (Å²) in [7, 11) is -2.49. The molecular weight excluding hydrogens is 371 g/mol. The van der Waals surface area contributed by atoms with Crippen molar-refractivity contribution in [1.29, 1.82) is 0 Å². The molecule has 126 valence electrons. The van der Waals surface area contributed by atoms with Crippen LogP contribution in [-0.2, 0) is 10.0 Å². The van der Waals surface area contributed by atoms with Gasteiger partial charge in [0, 0.05) is 0 Å². The second kappa shape index (κ2) is 6.63. The maximum atomic E-state index is 13.1. The minimum absolute atomic E-state index is 0.0171. The first-order valence-corrected chi connectivity index (χ1v) is 9.37. The van der Waals surface area contributed by atoms with E-state index >= 15 is 0 Å². The van der Waals surface area contributed by atoms with E-state index in [9.17, 15) is 8.42 Å². The van der Waals surface area contributed by atoms with Crippen LogP contribution >= 0.6 is 23.2 Å². The first-order valence-electron chi connectivity index (χ1n) is 7.18. The van der Waals surface area contributed by atoms with Gasteiger partial charge < -0.3 is 4.74 Å². The lowest BCUT2D eigenvalue weighted by Crippen LogP contribution is -2.28. The SMILES string of the molecule is COc1c(S(=O)(=O)[N+]2=C(c3ccccc3)NCC2)ccc(Cl)c1Cl. The molecule has 3 rings (SSSR count). The lowest BCUT2D eigenvalue weighted by atomic mass is 10.2. The molecular formula is C16H15Cl2N2O3S+. The molecule has 2 aromatic rings. The first kappa shape index (κ1) is 17.1. The summed E-state index contributed by atoms with van der Waals surface area (Å²) in [6.45, 7) is 0.836. The molecule has 2 aromatic carbocycles. The molecule has 1 aliphatic rings. The number of halogens is 2. The van der Waals surface area contributed by atoms with Crippen LogP contribution in [0.1, 0.15) is 5.56 Å². The average molecular weight is 386 g/mol. The number of nitrogens with zero attached hydrogens (tertiary/aromatic N) is 1. The summed E-state index contributed by atoms with van der Waals surface area (Å²) < 4.78 is 32.8. The Balaban J connectivity index is 2.20. The third kappa shape index (κ3) is 2.85. The number of methoxy groups -OCH3 is 1. The van der Waals surface area contributed by atoms with Gasteiger partial charge in [0.05, 0.1) is 17.7 Å². The highest BCUT2D eigenvalue weighted by Gasteiger charge is 2.36. The number of hydrogen-bond acceptors (Lipinski definition) is 4. The zero-order valence-corrected chi connectivity index (χ0v) is 15.1. The Hall–Kier alpha value is -1.76. The third-order valence-electron chi connectivity index (χ3n) is 3.69. The van der Waals surface area contributed by atoms with Crippen LogP contribution in [0.25, 0.3) is 0 Å². The second-order valence-corrected chi connectivity index (χ2v) is 7.73. The quantitative estimate of drug-likeness (QED) is 0.822. The van der Waals surface area contributed by atoms with Crippen molar-refractivity contribution >= 4 is 39.1 Å². The zero-order chi connectivity index (χ0) is 17.3. The van der Waals surface area contributed by atoms with Gasteiger partial charge >= 0.3 is 10.0 Å². The molecule has 0 saturated heterocycles. The molecule has 1 heterocycles. The Morgan fingerprint density at radius 2 is 1.83 bits per heavy atom. The fourth-order valence-electron chi connectivity index (χ4n) is 2.58. The number of nitrogens with one attached hydrogen (secondary N) is 1.